The molecule has 0 saturated carbocycles. The van der Waals surface area contributed by atoms with Crippen LogP contribution in [0.4, 0.5) is 5.95 Å². The molecule has 2 saturated heterocycles. The maximum Gasteiger partial charge on any atom is 0.273 e. The molecule has 2 fully saturated rings. The molecular formula is C19H22ClN5O2. The number of ether oxygens (including phenoxy) is 1. The van der Waals surface area contributed by atoms with Crippen molar-refractivity contribution in [1.29, 1.82) is 0 Å². The summed E-state index contributed by atoms with van der Waals surface area (Å²) in [6.07, 6.45) is 1.65. The molecule has 1 amide bonds. The lowest BCUT2D eigenvalue weighted by Crippen LogP contribution is -2.49. The van der Waals surface area contributed by atoms with Crippen molar-refractivity contribution < 1.29 is 9.53 Å². The largest absolute Gasteiger partial charge is 0.378 e. The van der Waals surface area contributed by atoms with Crippen LogP contribution in [0, 0.1) is 0 Å². The molecule has 2 aromatic rings. The first kappa shape index (κ1) is 18.2. The van der Waals surface area contributed by atoms with E-state index in [0.717, 1.165) is 25.2 Å². The Balaban J connectivity index is 1.59. The van der Waals surface area contributed by atoms with Crippen LogP contribution in [0.3, 0.4) is 0 Å². The van der Waals surface area contributed by atoms with Crippen LogP contribution >= 0.6 is 11.6 Å². The highest BCUT2D eigenvalue weighted by Crippen LogP contribution is 2.29. The van der Waals surface area contributed by atoms with Crippen LogP contribution in [0.15, 0.2) is 36.5 Å². The summed E-state index contributed by atoms with van der Waals surface area (Å²) < 4.78 is 5.38. The minimum Gasteiger partial charge on any atom is -0.378 e. The second kappa shape index (κ2) is 8.21. The predicted molar refractivity (Wildman–Crippen MR) is 103 cm³/mol. The average Bonchev–Trinajstić information content (AvgIpc) is 2.74. The minimum atomic E-state index is -0.123. The topological polar surface area (TPSA) is 70.6 Å². The highest BCUT2D eigenvalue weighted by Gasteiger charge is 2.31. The lowest BCUT2D eigenvalue weighted by Gasteiger charge is -2.37. The molecule has 0 bridgehead atoms. The number of nitrogens with zero attached hydrogens (tertiary/aromatic N) is 4. The van der Waals surface area contributed by atoms with Gasteiger partial charge < -0.3 is 19.9 Å². The van der Waals surface area contributed by atoms with Crippen molar-refractivity contribution in [2.45, 2.75) is 6.04 Å². The Morgan fingerprint density at radius 3 is 2.81 bits per heavy atom. The van der Waals surface area contributed by atoms with Crippen LogP contribution in [-0.4, -0.2) is 66.7 Å². The number of aromatic nitrogens is 2. The zero-order valence-electron chi connectivity index (χ0n) is 15.0. The van der Waals surface area contributed by atoms with Crippen LogP contribution in [0.25, 0.3) is 0 Å². The first-order valence-electron chi connectivity index (χ1n) is 9.16. The van der Waals surface area contributed by atoms with Gasteiger partial charge in [-0.25, -0.2) is 9.97 Å². The maximum atomic E-state index is 13.3. The number of anilines is 1. The minimum absolute atomic E-state index is 0.0988. The molecule has 0 spiro atoms. The van der Waals surface area contributed by atoms with Crippen molar-refractivity contribution in [3.05, 3.63) is 52.8 Å². The van der Waals surface area contributed by atoms with E-state index in [1.54, 1.807) is 12.3 Å². The molecule has 3 heterocycles. The molecular weight excluding hydrogens is 366 g/mol. The summed E-state index contributed by atoms with van der Waals surface area (Å²) in [5, 5.41) is 4.02. The monoisotopic (exact) mass is 387 g/mol. The number of amides is 1. The number of benzene rings is 1. The number of carbonyl (C=O) groups excluding carboxylic acids is 1. The van der Waals surface area contributed by atoms with Crippen molar-refractivity contribution in [3.8, 4) is 0 Å². The van der Waals surface area contributed by atoms with Gasteiger partial charge in [0.2, 0.25) is 5.95 Å². The van der Waals surface area contributed by atoms with Gasteiger partial charge in [-0.3, -0.25) is 4.79 Å². The fourth-order valence-corrected chi connectivity index (χ4v) is 3.76. The molecule has 4 rings (SSSR count). The van der Waals surface area contributed by atoms with Crippen LogP contribution in [0.5, 0.6) is 0 Å². The normalized spacial score (nSPS) is 20.6. The second-order valence-electron chi connectivity index (χ2n) is 6.58. The van der Waals surface area contributed by atoms with Crippen LogP contribution < -0.4 is 10.2 Å². The summed E-state index contributed by atoms with van der Waals surface area (Å²) in [4.78, 5) is 26.0. The molecule has 8 heteroatoms. The molecule has 27 heavy (non-hydrogen) atoms. The molecule has 1 aromatic carbocycles. The highest BCUT2D eigenvalue weighted by molar-refractivity contribution is 6.31. The number of morpholine rings is 1. The number of carbonyl (C=O) groups is 1. The number of nitrogens with one attached hydrogen (secondary N) is 1. The fourth-order valence-electron chi connectivity index (χ4n) is 3.50. The zero-order valence-corrected chi connectivity index (χ0v) is 15.7. The van der Waals surface area contributed by atoms with E-state index in [9.17, 15) is 4.79 Å². The fraction of sp³-hybridized carbons (Fsp3) is 0.421. The SMILES string of the molecule is O=C(c1ccnc(N2CCOCC2)n1)N1CCNCC1c1ccccc1Cl. The second-order valence-corrected chi connectivity index (χ2v) is 6.99. The first-order chi connectivity index (χ1) is 13.2. The first-order valence-corrected chi connectivity index (χ1v) is 9.53. The zero-order chi connectivity index (χ0) is 18.6. The van der Waals surface area contributed by atoms with Gasteiger partial charge in [-0.15, -0.1) is 0 Å². The number of hydrogen-bond donors (Lipinski definition) is 1. The molecule has 7 nitrogen and oxygen atoms in total. The Bertz CT molecular complexity index is 812. The molecule has 2 aliphatic rings. The van der Waals surface area contributed by atoms with Gasteiger partial charge in [-0.1, -0.05) is 29.8 Å². The van der Waals surface area contributed by atoms with E-state index in [4.69, 9.17) is 16.3 Å². The van der Waals surface area contributed by atoms with E-state index in [1.807, 2.05) is 34.1 Å². The van der Waals surface area contributed by atoms with Crippen molar-refractivity contribution in [2.75, 3.05) is 50.8 Å². The van der Waals surface area contributed by atoms with Crippen molar-refractivity contribution in [1.82, 2.24) is 20.2 Å². The molecule has 1 unspecified atom stereocenters. The standard InChI is InChI=1S/C19H22ClN5O2/c20-15-4-2-1-3-14(15)17-13-21-7-8-25(17)18(26)16-5-6-22-19(23-16)24-9-11-27-12-10-24/h1-6,17,21H,7-13H2. The molecule has 142 valence electrons. The summed E-state index contributed by atoms with van der Waals surface area (Å²) in [6, 6.07) is 9.22. The third-order valence-electron chi connectivity index (χ3n) is 4.92. The predicted octanol–water partition coefficient (Wildman–Crippen LogP) is 1.75. The van der Waals surface area contributed by atoms with Crippen LogP contribution in [-0.2, 0) is 4.74 Å². The Kier molecular flexibility index (Phi) is 5.52. The smallest absolute Gasteiger partial charge is 0.273 e. The molecule has 2 aliphatic heterocycles. The van der Waals surface area contributed by atoms with E-state index < -0.39 is 0 Å². The molecule has 1 aromatic heterocycles. The van der Waals surface area contributed by atoms with Crippen molar-refractivity contribution >= 4 is 23.5 Å². The van der Waals surface area contributed by atoms with E-state index in [0.29, 0.717) is 43.0 Å². The third kappa shape index (κ3) is 3.90. The Morgan fingerprint density at radius 2 is 2.00 bits per heavy atom. The van der Waals surface area contributed by atoms with Gasteiger partial charge in [-0.2, -0.15) is 0 Å². The van der Waals surface area contributed by atoms with Crippen LogP contribution in [0.2, 0.25) is 5.02 Å². The van der Waals surface area contributed by atoms with Gasteiger partial charge in [-0.05, 0) is 17.7 Å². The number of hydrogen-bond acceptors (Lipinski definition) is 6. The Hall–Kier alpha value is -2.22. The van der Waals surface area contributed by atoms with E-state index in [-0.39, 0.29) is 11.9 Å². The van der Waals surface area contributed by atoms with Crippen LogP contribution in [0.1, 0.15) is 22.1 Å². The third-order valence-corrected chi connectivity index (χ3v) is 5.27. The molecule has 1 atom stereocenters. The van der Waals surface area contributed by atoms with Gasteiger partial charge >= 0.3 is 0 Å². The molecule has 1 N–H and O–H groups in total. The van der Waals surface area contributed by atoms with Gasteiger partial charge in [0.1, 0.15) is 5.69 Å². The summed E-state index contributed by atoms with van der Waals surface area (Å²) >= 11 is 6.39. The molecule has 0 radical (unpaired) electrons. The lowest BCUT2D eigenvalue weighted by atomic mass is 10.0. The summed E-state index contributed by atoms with van der Waals surface area (Å²) in [6.45, 7) is 4.76. The Morgan fingerprint density at radius 1 is 1.19 bits per heavy atom. The summed E-state index contributed by atoms with van der Waals surface area (Å²) in [5.41, 5.74) is 1.35. The number of rotatable bonds is 3. The number of halogens is 1. The van der Waals surface area contributed by atoms with Crippen molar-refractivity contribution in [2.24, 2.45) is 0 Å². The van der Waals surface area contributed by atoms with E-state index in [2.05, 4.69) is 15.3 Å². The molecule has 0 aliphatic carbocycles. The number of piperazine rings is 1. The highest BCUT2D eigenvalue weighted by atomic mass is 35.5. The Labute approximate surface area is 163 Å². The quantitative estimate of drug-likeness (QED) is 0.865. The van der Waals surface area contributed by atoms with Gasteiger partial charge in [0.25, 0.3) is 5.91 Å². The van der Waals surface area contributed by atoms with Gasteiger partial charge in [0.15, 0.2) is 0 Å². The van der Waals surface area contributed by atoms with Crippen molar-refractivity contribution in [3.63, 3.8) is 0 Å². The lowest BCUT2D eigenvalue weighted by molar-refractivity contribution is 0.0628. The maximum absolute atomic E-state index is 13.3. The summed E-state index contributed by atoms with van der Waals surface area (Å²) in [7, 11) is 0. The average molecular weight is 388 g/mol. The van der Waals surface area contributed by atoms with Gasteiger partial charge in [0, 0.05) is 43.9 Å². The van der Waals surface area contributed by atoms with Gasteiger partial charge in [0.05, 0.1) is 19.3 Å². The van der Waals surface area contributed by atoms with E-state index >= 15 is 0 Å². The van der Waals surface area contributed by atoms with E-state index in [1.165, 1.54) is 0 Å². The summed E-state index contributed by atoms with van der Waals surface area (Å²) in [5.74, 6) is 0.479.